The molecule has 0 aliphatic carbocycles. The number of nitrogens with zero attached hydrogens (tertiary/aromatic N) is 2. The zero-order chi connectivity index (χ0) is 28.6. The van der Waals surface area contributed by atoms with E-state index in [1.807, 2.05) is 19.1 Å². The van der Waals surface area contributed by atoms with Crippen molar-refractivity contribution in [3.05, 3.63) is 88.2 Å². The third-order valence-electron chi connectivity index (χ3n) is 6.91. The molecule has 10 heteroatoms. The van der Waals surface area contributed by atoms with Gasteiger partial charge in [0.15, 0.2) is 11.5 Å². The molecule has 0 saturated carbocycles. The van der Waals surface area contributed by atoms with Crippen LogP contribution in [0.5, 0.6) is 11.5 Å². The lowest BCUT2D eigenvalue weighted by molar-refractivity contribution is -0.126. The summed E-state index contributed by atoms with van der Waals surface area (Å²) in [5.41, 5.74) is 6.09. The molecule has 1 fully saturated rings. The minimum absolute atomic E-state index is 0.113. The molecule has 8 nitrogen and oxygen atoms in total. The molecule has 0 radical (unpaired) electrons. The van der Waals surface area contributed by atoms with E-state index in [1.54, 1.807) is 36.4 Å². The number of hydrogen-bond donors (Lipinski definition) is 2. The van der Waals surface area contributed by atoms with Gasteiger partial charge < -0.3 is 14.8 Å². The number of likely N-dealkylation sites (tertiary alicyclic amines) is 1. The van der Waals surface area contributed by atoms with E-state index in [2.05, 4.69) is 20.7 Å². The molecular formula is C30H32ClFN4O4. The molecule has 0 unspecified atom stereocenters. The van der Waals surface area contributed by atoms with Crippen LogP contribution >= 0.6 is 11.6 Å². The summed E-state index contributed by atoms with van der Waals surface area (Å²) in [4.78, 5) is 27.6. The van der Waals surface area contributed by atoms with E-state index in [1.165, 1.54) is 26.4 Å². The minimum atomic E-state index is -0.353. The van der Waals surface area contributed by atoms with Gasteiger partial charge in [0.05, 0.1) is 19.9 Å². The van der Waals surface area contributed by atoms with Gasteiger partial charge in [0.1, 0.15) is 5.82 Å². The zero-order valence-corrected chi connectivity index (χ0v) is 23.4. The van der Waals surface area contributed by atoms with E-state index >= 15 is 0 Å². The predicted octanol–water partition coefficient (Wildman–Crippen LogP) is 5.50. The van der Waals surface area contributed by atoms with Crippen molar-refractivity contribution in [1.82, 2.24) is 10.3 Å². The van der Waals surface area contributed by atoms with Gasteiger partial charge in [-0.3, -0.25) is 14.5 Å². The summed E-state index contributed by atoms with van der Waals surface area (Å²) >= 11 is 6.15. The van der Waals surface area contributed by atoms with Gasteiger partial charge in [-0.1, -0.05) is 29.8 Å². The number of rotatable bonds is 9. The maximum absolute atomic E-state index is 13.3. The van der Waals surface area contributed by atoms with E-state index in [-0.39, 0.29) is 23.5 Å². The number of piperidine rings is 1. The standard InChI is InChI=1S/C30H32ClFN4O4/c1-19(20-5-9-25(10-6-20)33-29(37)22-7-11-27(39-2)28(16-22)40-3)34-35-30(38)21-12-14-36(15-13-21)18-23-4-8-24(32)17-26(23)31/h4-11,16-17,21H,12-15,18H2,1-3H3,(H,33,37)(H,35,38). The topological polar surface area (TPSA) is 92.3 Å². The Morgan fingerprint density at radius 2 is 1.65 bits per heavy atom. The molecule has 2 N–H and O–H groups in total. The second-order valence-corrected chi connectivity index (χ2v) is 9.97. The van der Waals surface area contributed by atoms with Crippen LogP contribution in [0.2, 0.25) is 5.02 Å². The number of hydrazone groups is 1. The van der Waals surface area contributed by atoms with Gasteiger partial charge in [0.25, 0.3) is 5.91 Å². The van der Waals surface area contributed by atoms with Crippen LogP contribution in [0.3, 0.4) is 0 Å². The van der Waals surface area contributed by atoms with Crippen LogP contribution in [-0.2, 0) is 11.3 Å². The van der Waals surface area contributed by atoms with Gasteiger partial charge in [0.2, 0.25) is 5.91 Å². The first-order valence-electron chi connectivity index (χ1n) is 12.9. The molecule has 0 aromatic heterocycles. The monoisotopic (exact) mass is 566 g/mol. The zero-order valence-electron chi connectivity index (χ0n) is 22.7. The fourth-order valence-electron chi connectivity index (χ4n) is 4.51. The molecule has 1 heterocycles. The van der Waals surface area contributed by atoms with Crippen molar-refractivity contribution in [2.24, 2.45) is 11.0 Å². The minimum Gasteiger partial charge on any atom is -0.493 e. The van der Waals surface area contributed by atoms with E-state index in [9.17, 15) is 14.0 Å². The lowest BCUT2D eigenvalue weighted by Gasteiger charge is -2.31. The molecular weight excluding hydrogens is 535 g/mol. The highest BCUT2D eigenvalue weighted by atomic mass is 35.5. The van der Waals surface area contributed by atoms with Crippen molar-refractivity contribution in [1.29, 1.82) is 0 Å². The van der Waals surface area contributed by atoms with Gasteiger partial charge >= 0.3 is 0 Å². The number of amides is 2. The third kappa shape index (κ3) is 7.37. The Kier molecular flexibility index (Phi) is 9.74. The largest absolute Gasteiger partial charge is 0.493 e. The fraction of sp³-hybridized carbons (Fsp3) is 0.300. The summed E-state index contributed by atoms with van der Waals surface area (Å²) in [7, 11) is 3.05. The van der Waals surface area contributed by atoms with Gasteiger partial charge in [0, 0.05) is 28.7 Å². The first-order chi connectivity index (χ1) is 19.3. The van der Waals surface area contributed by atoms with Crippen LogP contribution in [0.25, 0.3) is 0 Å². The number of nitrogens with one attached hydrogen (secondary N) is 2. The summed E-state index contributed by atoms with van der Waals surface area (Å²) in [6.07, 6.45) is 1.40. The van der Waals surface area contributed by atoms with Crippen molar-refractivity contribution in [2.75, 3.05) is 32.6 Å². The fourth-order valence-corrected chi connectivity index (χ4v) is 4.74. The lowest BCUT2D eigenvalue weighted by atomic mass is 9.96. The van der Waals surface area contributed by atoms with Crippen LogP contribution in [0.4, 0.5) is 10.1 Å². The number of benzene rings is 3. The normalized spacial score (nSPS) is 14.5. The predicted molar refractivity (Wildman–Crippen MR) is 154 cm³/mol. The molecule has 0 bridgehead atoms. The summed E-state index contributed by atoms with van der Waals surface area (Å²) in [6.45, 7) is 3.91. The van der Waals surface area contributed by atoms with Gasteiger partial charge in [-0.25, -0.2) is 9.82 Å². The molecule has 1 aliphatic rings. The smallest absolute Gasteiger partial charge is 0.255 e. The van der Waals surface area contributed by atoms with Crippen LogP contribution in [0.1, 0.15) is 41.3 Å². The molecule has 0 atom stereocenters. The number of halogens is 2. The molecule has 0 spiro atoms. The second kappa shape index (κ2) is 13.4. The number of ether oxygens (including phenoxy) is 2. The van der Waals surface area contributed by atoms with E-state index < -0.39 is 0 Å². The number of anilines is 1. The quantitative estimate of drug-likeness (QED) is 0.263. The van der Waals surface area contributed by atoms with Crippen molar-refractivity contribution in [3.8, 4) is 11.5 Å². The average Bonchev–Trinajstić information content (AvgIpc) is 2.97. The van der Waals surface area contributed by atoms with E-state index in [4.69, 9.17) is 21.1 Å². The second-order valence-electron chi connectivity index (χ2n) is 9.56. The molecule has 210 valence electrons. The van der Waals surface area contributed by atoms with Crippen LogP contribution in [-0.4, -0.2) is 49.7 Å². The van der Waals surface area contributed by atoms with E-state index in [0.717, 1.165) is 24.2 Å². The number of hydrogen-bond acceptors (Lipinski definition) is 6. The maximum Gasteiger partial charge on any atom is 0.255 e. The summed E-state index contributed by atoms with van der Waals surface area (Å²) in [5.74, 6) is 0.137. The van der Waals surface area contributed by atoms with Gasteiger partial charge in [-0.15, -0.1) is 0 Å². The molecule has 3 aromatic rings. The molecule has 2 amide bonds. The van der Waals surface area contributed by atoms with Crippen LogP contribution in [0, 0.1) is 11.7 Å². The third-order valence-corrected chi connectivity index (χ3v) is 7.26. The maximum atomic E-state index is 13.3. The van der Waals surface area contributed by atoms with Gasteiger partial charge in [-0.2, -0.15) is 5.10 Å². The molecule has 3 aromatic carbocycles. The summed E-state index contributed by atoms with van der Waals surface area (Å²) in [5, 5.41) is 7.56. The Bertz CT molecular complexity index is 1390. The Labute approximate surface area is 238 Å². The van der Waals surface area contributed by atoms with E-state index in [0.29, 0.717) is 52.9 Å². The summed E-state index contributed by atoms with van der Waals surface area (Å²) in [6, 6.07) is 16.6. The van der Waals surface area contributed by atoms with Crippen LogP contribution in [0.15, 0.2) is 65.8 Å². The Hall–Kier alpha value is -3.95. The Balaban J connectivity index is 1.26. The Morgan fingerprint density at radius 3 is 2.30 bits per heavy atom. The number of carbonyl (C=O) groups excluding carboxylic acids is 2. The van der Waals surface area contributed by atoms with Crippen LogP contribution < -0.4 is 20.2 Å². The Morgan fingerprint density at radius 1 is 0.975 bits per heavy atom. The first-order valence-corrected chi connectivity index (χ1v) is 13.3. The highest BCUT2D eigenvalue weighted by molar-refractivity contribution is 6.31. The summed E-state index contributed by atoms with van der Waals surface area (Å²) < 4.78 is 23.8. The lowest BCUT2D eigenvalue weighted by Crippen LogP contribution is -2.39. The van der Waals surface area contributed by atoms with Crippen molar-refractivity contribution in [3.63, 3.8) is 0 Å². The highest BCUT2D eigenvalue weighted by Gasteiger charge is 2.25. The van der Waals surface area contributed by atoms with Gasteiger partial charge in [-0.05, 0) is 86.4 Å². The highest BCUT2D eigenvalue weighted by Crippen LogP contribution is 2.28. The van der Waals surface area contributed by atoms with Crippen molar-refractivity contribution >= 4 is 34.8 Å². The first kappa shape index (κ1) is 29.0. The molecule has 4 rings (SSSR count). The average molecular weight is 567 g/mol. The number of carbonyl (C=O) groups is 2. The molecule has 40 heavy (non-hydrogen) atoms. The SMILES string of the molecule is COc1ccc(C(=O)Nc2ccc(C(C)=NNC(=O)C3CCN(Cc4ccc(F)cc4Cl)CC3)cc2)cc1OC. The molecule has 1 saturated heterocycles. The van der Waals surface area contributed by atoms with Crippen molar-refractivity contribution < 1.29 is 23.5 Å². The van der Waals surface area contributed by atoms with Crippen molar-refractivity contribution in [2.45, 2.75) is 26.3 Å². The number of methoxy groups -OCH3 is 2. The molecule has 1 aliphatic heterocycles.